The lowest BCUT2D eigenvalue weighted by Gasteiger charge is -2.29. The molecule has 8 heteroatoms. The highest BCUT2D eigenvalue weighted by Gasteiger charge is 2.14. The minimum absolute atomic E-state index is 0.701. The van der Waals surface area contributed by atoms with Crippen LogP contribution < -0.4 is 15.5 Å². The zero-order chi connectivity index (χ0) is 22.9. The van der Waals surface area contributed by atoms with Crippen LogP contribution in [0.3, 0.4) is 0 Å². The number of benzene rings is 1. The van der Waals surface area contributed by atoms with Gasteiger partial charge in [-0.05, 0) is 29.8 Å². The maximum atomic E-state index is 4.68. The molecule has 0 atom stereocenters. The molecule has 5 aromatic rings. The summed E-state index contributed by atoms with van der Waals surface area (Å²) >= 11 is 4.66. The summed E-state index contributed by atoms with van der Waals surface area (Å²) in [6.45, 7) is 4.71. The van der Waals surface area contributed by atoms with E-state index >= 15 is 0 Å². The van der Waals surface area contributed by atoms with Gasteiger partial charge in [0.2, 0.25) is 0 Å². The Morgan fingerprint density at radius 3 is 2.56 bits per heavy atom. The first-order valence-electron chi connectivity index (χ1n) is 11.4. The quantitative estimate of drug-likeness (QED) is 0.331. The van der Waals surface area contributed by atoms with E-state index in [1.165, 1.54) is 0 Å². The van der Waals surface area contributed by atoms with Gasteiger partial charge in [0.1, 0.15) is 11.6 Å². The number of rotatable bonds is 5. The Morgan fingerprint density at radius 1 is 0.882 bits per heavy atom. The van der Waals surface area contributed by atoms with Gasteiger partial charge < -0.3 is 20.1 Å². The number of thiol groups is 1. The monoisotopic (exact) mass is 467 g/mol. The molecule has 1 fully saturated rings. The van der Waals surface area contributed by atoms with Gasteiger partial charge in [0.05, 0.1) is 29.1 Å². The van der Waals surface area contributed by atoms with Crippen LogP contribution >= 0.6 is 12.6 Å². The molecule has 7 nitrogen and oxygen atoms in total. The van der Waals surface area contributed by atoms with Gasteiger partial charge in [-0.3, -0.25) is 4.98 Å². The third-order valence-corrected chi connectivity index (χ3v) is 6.80. The Kier molecular flexibility index (Phi) is 5.52. The maximum absolute atomic E-state index is 4.68. The van der Waals surface area contributed by atoms with E-state index in [1.807, 2.05) is 55.1 Å². The minimum atomic E-state index is 0.701. The fourth-order valence-corrected chi connectivity index (χ4v) is 4.82. The second kappa shape index (κ2) is 8.96. The van der Waals surface area contributed by atoms with Crippen LogP contribution in [0.5, 0.6) is 0 Å². The van der Waals surface area contributed by atoms with Crippen LogP contribution in [0, 0.1) is 0 Å². The summed E-state index contributed by atoms with van der Waals surface area (Å²) in [5.41, 5.74) is 4.47. The van der Waals surface area contributed by atoms with Crippen molar-refractivity contribution in [2.75, 3.05) is 36.4 Å². The molecular formula is C26H25N7S. The molecule has 0 aliphatic carbocycles. The number of hydrogen-bond acceptors (Lipinski definition) is 7. The van der Waals surface area contributed by atoms with Gasteiger partial charge in [0.15, 0.2) is 0 Å². The molecule has 1 saturated heterocycles. The Balaban J connectivity index is 1.34. The molecule has 0 saturated carbocycles. The molecule has 0 spiro atoms. The number of aromatic nitrogens is 4. The molecule has 2 N–H and O–H groups in total. The zero-order valence-corrected chi connectivity index (χ0v) is 19.5. The Labute approximate surface area is 203 Å². The lowest BCUT2D eigenvalue weighted by atomic mass is 10.2. The van der Waals surface area contributed by atoms with Gasteiger partial charge in [-0.15, -0.1) is 12.6 Å². The third-order valence-electron chi connectivity index (χ3n) is 6.36. The second-order valence-electron chi connectivity index (χ2n) is 8.46. The van der Waals surface area contributed by atoms with Crippen LogP contribution in [-0.2, 0) is 6.54 Å². The fraction of sp³-hybridized carbons (Fsp3) is 0.192. The third kappa shape index (κ3) is 3.95. The van der Waals surface area contributed by atoms with E-state index in [1.54, 1.807) is 0 Å². The van der Waals surface area contributed by atoms with E-state index in [2.05, 4.69) is 65.9 Å². The highest BCUT2D eigenvalue weighted by atomic mass is 32.1. The van der Waals surface area contributed by atoms with E-state index in [0.717, 1.165) is 75.8 Å². The Bertz CT molecular complexity index is 1460. The van der Waals surface area contributed by atoms with Crippen molar-refractivity contribution >= 4 is 51.8 Å². The molecule has 4 aromatic heterocycles. The molecule has 1 aliphatic rings. The molecule has 6 rings (SSSR count). The van der Waals surface area contributed by atoms with E-state index in [-0.39, 0.29) is 0 Å². The molecule has 0 radical (unpaired) electrons. The van der Waals surface area contributed by atoms with Gasteiger partial charge in [-0.25, -0.2) is 9.97 Å². The van der Waals surface area contributed by atoms with Crippen molar-refractivity contribution in [1.29, 1.82) is 0 Å². The highest BCUT2D eigenvalue weighted by Crippen LogP contribution is 2.31. The smallest absolute Gasteiger partial charge is 0.133 e. The average Bonchev–Trinajstić information content (AvgIpc) is 3.19. The van der Waals surface area contributed by atoms with E-state index in [0.29, 0.717) is 6.54 Å². The highest BCUT2D eigenvalue weighted by molar-refractivity contribution is 7.80. The van der Waals surface area contributed by atoms with Crippen molar-refractivity contribution in [1.82, 2.24) is 24.8 Å². The summed E-state index contributed by atoms with van der Waals surface area (Å²) in [4.78, 5) is 17.0. The van der Waals surface area contributed by atoms with Crippen LogP contribution in [0.15, 0.2) is 78.2 Å². The number of anilines is 3. The van der Waals surface area contributed by atoms with Crippen LogP contribution in [-0.4, -0.2) is 45.7 Å². The standard InChI is InChI=1S/C26H25N7S/c34-24-4-2-1-3-18(24)17-33-22-13-26(30-15-21(22)20-7-8-28-16-23(20)33)31-25-6-5-19(14-29-25)32-11-9-27-10-12-32/h1-8,13-16,27,34H,9-12,17H2,(H,29,30,31). The van der Waals surface area contributed by atoms with Crippen molar-refractivity contribution in [3.8, 4) is 0 Å². The van der Waals surface area contributed by atoms with Crippen LogP contribution in [0.2, 0.25) is 0 Å². The summed E-state index contributed by atoms with van der Waals surface area (Å²) in [5.74, 6) is 1.53. The predicted molar refractivity (Wildman–Crippen MR) is 140 cm³/mol. The summed E-state index contributed by atoms with van der Waals surface area (Å²) in [6, 6.07) is 16.5. The van der Waals surface area contributed by atoms with E-state index < -0.39 is 0 Å². The van der Waals surface area contributed by atoms with E-state index in [9.17, 15) is 0 Å². The molecule has 170 valence electrons. The van der Waals surface area contributed by atoms with Gasteiger partial charge in [0.25, 0.3) is 0 Å². The van der Waals surface area contributed by atoms with Crippen molar-refractivity contribution in [3.05, 3.63) is 78.9 Å². The van der Waals surface area contributed by atoms with Gasteiger partial charge >= 0.3 is 0 Å². The molecule has 1 aromatic carbocycles. The number of fused-ring (bicyclic) bond motifs is 3. The number of piperazine rings is 1. The Hall–Kier alpha value is -3.62. The summed E-state index contributed by atoms with van der Waals surface area (Å²) in [5, 5.41) is 9.00. The molecular weight excluding hydrogens is 442 g/mol. The lowest BCUT2D eigenvalue weighted by Crippen LogP contribution is -2.43. The van der Waals surface area contributed by atoms with Crippen molar-refractivity contribution in [3.63, 3.8) is 0 Å². The lowest BCUT2D eigenvalue weighted by molar-refractivity contribution is 0.589. The summed E-state index contributed by atoms with van der Waals surface area (Å²) < 4.78 is 2.28. The fourth-order valence-electron chi connectivity index (χ4n) is 4.59. The largest absolute Gasteiger partial charge is 0.368 e. The topological polar surface area (TPSA) is 70.9 Å². The normalized spacial score (nSPS) is 14.1. The summed E-state index contributed by atoms with van der Waals surface area (Å²) in [7, 11) is 0. The molecule has 5 heterocycles. The molecule has 0 amide bonds. The van der Waals surface area contributed by atoms with E-state index in [4.69, 9.17) is 0 Å². The first-order valence-corrected chi connectivity index (χ1v) is 11.9. The number of hydrogen-bond donors (Lipinski definition) is 3. The van der Waals surface area contributed by atoms with Crippen molar-refractivity contribution in [2.24, 2.45) is 0 Å². The van der Waals surface area contributed by atoms with Crippen molar-refractivity contribution < 1.29 is 0 Å². The molecule has 0 unspecified atom stereocenters. The first-order chi connectivity index (χ1) is 16.8. The minimum Gasteiger partial charge on any atom is -0.368 e. The molecule has 0 bridgehead atoms. The van der Waals surface area contributed by atoms with Crippen molar-refractivity contribution in [2.45, 2.75) is 11.4 Å². The maximum Gasteiger partial charge on any atom is 0.133 e. The second-order valence-corrected chi connectivity index (χ2v) is 8.94. The number of pyridine rings is 3. The molecule has 1 aliphatic heterocycles. The zero-order valence-electron chi connectivity index (χ0n) is 18.6. The molecule has 34 heavy (non-hydrogen) atoms. The summed E-state index contributed by atoms with van der Waals surface area (Å²) in [6.07, 6.45) is 7.60. The number of nitrogens with one attached hydrogen (secondary N) is 2. The number of nitrogens with zero attached hydrogens (tertiary/aromatic N) is 5. The van der Waals surface area contributed by atoms with Gasteiger partial charge in [-0.1, -0.05) is 18.2 Å². The van der Waals surface area contributed by atoms with Crippen LogP contribution in [0.25, 0.3) is 21.8 Å². The first kappa shape index (κ1) is 20.9. The predicted octanol–water partition coefficient (Wildman–Crippen LogP) is 4.47. The SMILES string of the molecule is Sc1ccccc1Cn1c2cnccc2c2cnc(Nc3ccc(N4CCNCC4)cn3)cc21. The van der Waals surface area contributed by atoms with Gasteiger partial charge in [-0.2, -0.15) is 0 Å². The average molecular weight is 468 g/mol. The van der Waals surface area contributed by atoms with Gasteiger partial charge in [0, 0.05) is 66.9 Å². The Morgan fingerprint density at radius 2 is 1.74 bits per heavy atom. The van der Waals surface area contributed by atoms with Crippen LogP contribution in [0.4, 0.5) is 17.3 Å². The van der Waals surface area contributed by atoms with Crippen LogP contribution in [0.1, 0.15) is 5.56 Å².